The molecule has 2 nitrogen and oxygen atoms in total. The first-order valence-electron chi connectivity index (χ1n) is 5.31. The molecule has 0 aromatic rings. The maximum atomic E-state index is 3.75. The van der Waals surface area contributed by atoms with Crippen LogP contribution in [0.3, 0.4) is 0 Å². The van der Waals surface area contributed by atoms with Crippen molar-refractivity contribution in [2.45, 2.75) is 33.2 Å². The Hall–Kier alpha value is -0.340. The molecule has 78 valence electrons. The van der Waals surface area contributed by atoms with E-state index in [0.717, 1.165) is 26.2 Å². The Morgan fingerprint density at radius 2 is 2.15 bits per heavy atom. The summed E-state index contributed by atoms with van der Waals surface area (Å²) < 4.78 is 0. The predicted molar refractivity (Wildman–Crippen MR) is 60.1 cm³/mol. The molecule has 0 aromatic carbocycles. The summed E-state index contributed by atoms with van der Waals surface area (Å²) in [7, 11) is 0. The van der Waals surface area contributed by atoms with Crippen molar-refractivity contribution in [3.63, 3.8) is 0 Å². The van der Waals surface area contributed by atoms with E-state index < -0.39 is 0 Å². The Morgan fingerprint density at radius 3 is 2.62 bits per heavy atom. The predicted octanol–water partition coefficient (Wildman–Crippen LogP) is 1.88. The highest BCUT2D eigenvalue weighted by molar-refractivity contribution is 4.73. The Kier molecular flexibility index (Phi) is 8.05. The minimum Gasteiger partial charge on any atom is -0.314 e. The van der Waals surface area contributed by atoms with Crippen LogP contribution in [-0.4, -0.2) is 37.1 Å². The van der Waals surface area contributed by atoms with Crippen LogP contribution in [0.1, 0.15) is 27.2 Å². The van der Waals surface area contributed by atoms with Gasteiger partial charge < -0.3 is 5.32 Å². The number of nitrogens with zero attached hydrogens (tertiary/aromatic N) is 1. The van der Waals surface area contributed by atoms with E-state index in [0.29, 0.717) is 6.04 Å². The molecule has 0 aromatic heterocycles. The van der Waals surface area contributed by atoms with Gasteiger partial charge in [-0.3, -0.25) is 4.90 Å². The lowest BCUT2D eigenvalue weighted by Gasteiger charge is -2.21. The van der Waals surface area contributed by atoms with Crippen LogP contribution in [0.15, 0.2) is 12.7 Å². The second-order valence-electron chi connectivity index (χ2n) is 3.43. The van der Waals surface area contributed by atoms with Gasteiger partial charge in [0.15, 0.2) is 0 Å². The van der Waals surface area contributed by atoms with Crippen molar-refractivity contribution in [2.75, 3.05) is 26.2 Å². The molecule has 0 bridgehead atoms. The van der Waals surface area contributed by atoms with E-state index in [1.54, 1.807) is 0 Å². The van der Waals surface area contributed by atoms with Crippen LogP contribution >= 0.6 is 0 Å². The molecule has 2 heteroatoms. The van der Waals surface area contributed by atoms with Gasteiger partial charge in [0.1, 0.15) is 0 Å². The summed E-state index contributed by atoms with van der Waals surface area (Å²) in [6.07, 6.45) is 3.19. The summed E-state index contributed by atoms with van der Waals surface area (Å²) in [5.41, 5.74) is 0. The van der Waals surface area contributed by atoms with Crippen molar-refractivity contribution in [2.24, 2.45) is 0 Å². The number of nitrogens with one attached hydrogen (secondary N) is 1. The molecule has 0 aliphatic carbocycles. The van der Waals surface area contributed by atoms with Crippen molar-refractivity contribution in [1.29, 1.82) is 0 Å². The van der Waals surface area contributed by atoms with Crippen molar-refractivity contribution < 1.29 is 0 Å². The summed E-state index contributed by atoms with van der Waals surface area (Å²) >= 11 is 0. The van der Waals surface area contributed by atoms with E-state index in [1.165, 1.54) is 6.42 Å². The first kappa shape index (κ1) is 12.7. The van der Waals surface area contributed by atoms with Gasteiger partial charge in [-0.1, -0.05) is 19.9 Å². The summed E-state index contributed by atoms with van der Waals surface area (Å²) in [5.74, 6) is 0. The lowest BCUT2D eigenvalue weighted by Crippen LogP contribution is -2.32. The third kappa shape index (κ3) is 6.79. The molecule has 1 atom stereocenters. The molecule has 0 radical (unpaired) electrons. The minimum absolute atomic E-state index is 0.629. The molecule has 0 saturated heterocycles. The van der Waals surface area contributed by atoms with E-state index in [9.17, 15) is 0 Å². The topological polar surface area (TPSA) is 15.3 Å². The monoisotopic (exact) mass is 184 g/mol. The SMILES string of the molecule is C=CCN(CC)CCC(C)NCC. The number of hydrogen-bond donors (Lipinski definition) is 1. The minimum atomic E-state index is 0.629. The van der Waals surface area contributed by atoms with Crippen molar-refractivity contribution in [1.82, 2.24) is 10.2 Å². The molecule has 13 heavy (non-hydrogen) atoms. The zero-order valence-corrected chi connectivity index (χ0v) is 9.34. The fraction of sp³-hybridized carbons (Fsp3) is 0.818. The summed E-state index contributed by atoms with van der Waals surface area (Å²) in [4.78, 5) is 2.40. The molecular formula is C11H24N2. The maximum Gasteiger partial charge on any atom is 0.0160 e. The van der Waals surface area contributed by atoms with Crippen LogP contribution in [0.5, 0.6) is 0 Å². The molecule has 0 rings (SSSR count). The van der Waals surface area contributed by atoms with Gasteiger partial charge in [-0.05, 0) is 33.0 Å². The molecular weight excluding hydrogens is 160 g/mol. The number of hydrogen-bond acceptors (Lipinski definition) is 2. The first-order valence-corrected chi connectivity index (χ1v) is 5.31. The van der Waals surface area contributed by atoms with E-state index in [-0.39, 0.29) is 0 Å². The zero-order valence-electron chi connectivity index (χ0n) is 9.34. The van der Waals surface area contributed by atoms with Crippen molar-refractivity contribution in [3.8, 4) is 0 Å². The van der Waals surface area contributed by atoms with Crippen LogP contribution in [0.25, 0.3) is 0 Å². The van der Waals surface area contributed by atoms with Crippen molar-refractivity contribution >= 4 is 0 Å². The van der Waals surface area contributed by atoms with Crippen LogP contribution in [0.4, 0.5) is 0 Å². The highest BCUT2D eigenvalue weighted by Crippen LogP contribution is 1.95. The normalized spacial score (nSPS) is 13.2. The molecule has 0 aliphatic heterocycles. The smallest absolute Gasteiger partial charge is 0.0160 e. The Bertz CT molecular complexity index is 123. The lowest BCUT2D eigenvalue weighted by molar-refractivity contribution is 0.298. The second kappa shape index (κ2) is 8.27. The average Bonchev–Trinajstić information content (AvgIpc) is 2.12. The average molecular weight is 184 g/mol. The Balaban J connectivity index is 3.51. The zero-order chi connectivity index (χ0) is 10.1. The molecule has 0 amide bonds. The van der Waals surface area contributed by atoms with E-state index in [2.05, 4.69) is 37.6 Å². The van der Waals surface area contributed by atoms with Gasteiger partial charge in [-0.25, -0.2) is 0 Å². The highest BCUT2D eigenvalue weighted by atomic mass is 15.1. The first-order chi connectivity index (χ1) is 6.24. The molecule has 0 fully saturated rings. The quantitative estimate of drug-likeness (QED) is 0.579. The molecule has 1 unspecified atom stereocenters. The van der Waals surface area contributed by atoms with Crippen LogP contribution < -0.4 is 5.32 Å². The molecule has 0 saturated carbocycles. The summed E-state index contributed by atoms with van der Waals surface area (Å²) in [6, 6.07) is 0.629. The molecule has 0 heterocycles. The third-order valence-corrected chi connectivity index (χ3v) is 2.27. The van der Waals surface area contributed by atoms with Gasteiger partial charge in [-0.15, -0.1) is 6.58 Å². The second-order valence-corrected chi connectivity index (χ2v) is 3.43. The van der Waals surface area contributed by atoms with Crippen LogP contribution in [0.2, 0.25) is 0 Å². The third-order valence-electron chi connectivity index (χ3n) is 2.27. The van der Waals surface area contributed by atoms with E-state index in [1.807, 2.05) is 6.08 Å². The summed E-state index contributed by atoms with van der Waals surface area (Å²) in [5, 5.41) is 3.41. The summed E-state index contributed by atoms with van der Waals surface area (Å²) in [6.45, 7) is 14.7. The fourth-order valence-electron chi connectivity index (χ4n) is 1.39. The largest absolute Gasteiger partial charge is 0.314 e. The van der Waals surface area contributed by atoms with E-state index >= 15 is 0 Å². The van der Waals surface area contributed by atoms with E-state index in [4.69, 9.17) is 0 Å². The van der Waals surface area contributed by atoms with Gasteiger partial charge >= 0.3 is 0 Å². The highest BCUT2D eigenvalue weighted by Gasteiger charge is 2.03. The Morgan fingerprint density at radius 1 is 1.46 bits per heavy atom. The van der Waals surface area contributed by atoms with Crippen LogP contribution in [0, 0.1) is 0 Å². The van der Waals surface area contributed by atoms with Gasteiger partial charge in [0.25, 0.3) is 0 Å². The van der Waals surface area contributed by atoms with Gasteiger partial charge in [-0.2, -0.15) is 0 Å². The van der Waals surface area contributed by atoms with Gasteiger partial charge in [0.2, 0.25) is 0 Å². The number of rotatable bonds is 8. The van der Waals surface area contributed by atoms with Crippen LogP contribution in [-0.2, 0) is 0 Å². The maximum absolute atomic E-state index is 3.75. The standard InChI is InChI=1S/C11H24N2/c1-5-9-13(7-3)10-8-11(4)12-6-2/h5,11-12H,1,6-10H2,2-4H3. The molecule has 1 N–H and O–H groups in total. The van der Waals surface area contributed by atoms with Crippen molar-refractivity contribution in [3.05, 3.63) is 12.7 Å². The Labute approximate surface area is 83.0 Å². The lowest BCUT2D eigenvalue weighted by atomic mass is 10.2. The molecule has 0 aliphatic rings. The fourth-order valence-corrected chi connectivity index (χ4v) is 1.39. The molecule has 0 spiro atoms. The van der Waals surface area contributed by atoms with Gasteiger partial charge in [0.05, 0.1) is 0 Å². The van der Waals surface area contributed by atoms with Gasteiger partial charge in [0, 0.05) is 12.6 Å². The number of likely N-dealkylation sites (N-methyl/N-ethyl adjacent to an activating group) is 1.